The van der Waals surface area contributed by atoms with E-state index >= 15 is 0 Å². The number of benzene rings is 1. The largest absolute Gasteiger partial charge is 0.273 e. The summed E-state index contributed by atoms with van der Waals surface area (Å²) in [5.74, 6) is -1.13. The smallest absolute Gasteiger partial charge is 0.244 e. The van der Waals surface area contributed by atoms with E-state index in [9.17, 15) is 21.6 Å². The van der Waals surface area contributed by atoms with E-state index in [1.807, 2.05) is 0 Å². The molecule has 1 amide bonds. The topological polar surface area (TPSA) is 122 Å². The van der Waals surface area contributed by atoms with E-state index in [1.54, 1.807) is 19.1 Å². The second-order valence-electron chi connectivity index (χ2n) is 5.51. The molecule has 2 N–H and O–H groups in total. The van der Waals surface area contributed by atoms with Crippen LogP contribution in [-0.4, -0.2) is 47.0 Å². The summed E-state index contributed by atoms with van der Waals surface area (Å²) in [4.78, 5) is 12.0. The third-order valence-corrected chi connectivity index (χ3v) is 6.99. The lowest BCUT2D eigenvalue weighted by molar-refractivity contribution is -0.124. The summed E-state index contributed by atoms with van der Waals surface area (Å²) in [6.45, 7) is 1.66. The van der Waals surface area contributed by atoms with Gasteiger partial charge in [-0.1, -0.05) is 12.1 Å². The summed E-state index contributed by atoms with van der Waals surface area (Å²) in [5, 5.41) is 3.96. The summed E-state index contributed by atoms with van der Waals surface area (Å²) < 4.78 is 48.3. The van der Waals surface area contributed by atoms with Gasteiger partial charge in [0.2, 0.25) is 15.9 Å². The lowest BCUT2D eigenvalue weighted by atomic mass is 10.1. The highest BCUT2D eigenvalue weighted by Gasteiger charge is 2.32. The summed E-state index contributed by atoms with van der Waals surface area (Å²) in [6.07, 6.45) is 0.305. The van der Waals surface area contributed by atoms with Gasteiger partial charge in [-0.25, -0.2) is 27.0 Å². The first kappa shape index (κ1) is 18.6. The average molecular weight is 373 g/mol. The van der Waals surface area contributed by atoms with Crippen LogP contribution in [0.3, 0.4) is 0 Å². The Labute approximate surface area is 141 Å². The minimum atomic E-state index is -3.51. The van der Waals surface area contributed by atoms with Crippen LogP contribution in [0.5, 0.6) is 0 Å². The average Bonchev–Trinajstić information content (AvgIpc) is 2.92. The van der Waals surface area contributed by atoms with Crippen molar-refractivity contribution in [1.82, 2.24) is 10.1 Å². The Bertz CT molecular complexity index is 858. The molecule has 1 atom stereocenters. The van der Waals surface area contributed by atoms with Crippen molar-refractivity contribution in [2.24, 2.45) is 11.0 Å². The van der Waals surface area contributed by atoms with Gasteiger partial charge in [-0.2, -0.15) is 5.10 Å². The Morgan fingerprint density at radius 1 is 1.25 bits per heavy atom. The Morgan fingerprint density at radius 2 is 1.88 bits per heavy atom. The van der Waals surface area contributed by atoms with E-state index in [1.165, 1.54) is 19.2 Å². The molecule has 0 aliphatic carbocycles. The Kier molecular flexibility index (Phi) is 5.41. The van der Waals surface area contributed by atoms with Crippen LogP contribution in [0.15, 0.2) is 34.3 Å². The van der Waals surface area contributed by atoms with E-state index < -0.39 is 31.7 Å². The molecular weight excluding hydrogens is 354 g/mol. The molecule has 10 heteroatoms. The van der Waals surface area contributed by atoms with E-state index in [0.717, 1.165) is 0 Å². The quantitative estimate of drug-likeness (QED) is 0.550. The van der Waals surface area contributed by atoms with Crippen LogP contribution < -0.4 is 10.1 Å². The highest BCUT2D eigenvalue weighted by Crippen LogP contribution is 2.18. The number of nitrogens with one attached hydrogen (secondary N) is 2. The van der Waals surface area contributed by atoms with Gasteiger partial charge in [0.1, 0.15) is 0 Å². The lowest BCUT2D eigenvalue weighted by Crippen LogP contribution is -2.28. The molecule has 8 nitrogen and oxygen atoms in total. The zero-order chi connectivity index (χ0) is 18.0. The number of carbonyl (C=O) groups is 1. The van der Waals surface area contributed by atoms with Crippen LogP contribution in [0.2, 0.25) is 0 Å². The number of carbonyl (C=O) groups excluding carboxylic acids is 1. The molecule has 1 fully saturated rings. The molecule has 24 heavy (non-hydrogen) atoms. The van der Waals surface area contributed by atoms with Crippen LogP contribution in [-0.2, 0) is 24.7 Å². The molecule has 0 radical (unpaired) electrons. The zero-order valence-corrected chi connectivity index (χ0v) is 14.9. The van der Waals surface area contributed by atoms with Crippen LogP contribution in [0.1, 0.15) is 18.9 Å². The second kappa shape index (κ2) is 6.99. The predicted molar refractivity (Wildman–Crippen MR) is 89.8 cm³/mol. The minimum Gasteiger partial charge on any atom is -0.273 e. The summed E-state index contributed by atoms with van der Waals surface area (Å²) >= 11 is 0. The number of rotatable bonds is 5. The van der Waals surface area contributed by atoms with E-state index in [2.05, 4.69) is 15.2 Å². The molecule has 0 spiro atoms. The maximum absolute atomic E-state index is 11.9. The molecule has 1 aromatic carbocycles. The maximum Gasteiger partial charge on any atom is 0.244 e. The molecule has 1 aliphatic rings. The SMILES string of the molecule is CNS(=O)(=O)c1ccc(/C(C)=N\NC(=O)[C@H]2CCS(=O)(=O)C2)cc1. The number of sulfonamides is 1. The maximum atomic E-state index is 11.9. The highest BCUT2D eigenvalue weighted by atomic mass is 32.2. The second-order valence-corrected chi connectivity index (χ2v) is 9.62. The van der Waals surface area contributed by atoms with Crippen LogP contribution in [0, 0.1) is 5.92 Å². The van der Waals surface area contributed by atoms with Crippen LogP contribution >= 0.6 is 0 Å². The normalized spacial score (nSPS) is 20.8. The van der Waals surface area contributed by atoms with Gasteiger partial charge in [-0.05, 0) is 38.1 Å². The molecule has 1 aromatic rings. The van der Waals surface area contributed by atoms with Crippen LogP contribution in [0.25, 0.3) is 0 Å². The number of hydrogen-bond donors (Lipinski definition) is 2. The van der Waals surface area contributed by atoms with Gasteiger partial charge in [-0.15, -0.1) is 0 Å². The molecular formula is C14H19N3O5S2. The van der Waals surface area contributed by atoms with Crippen molar-refractivity contribution in [3.05, 3.63) is 29.8 Å². The fraction of sp³-hybridized carbons (Fsp3) is 0.429. The molecule has 1 saturated heterocycles. The standard InChI is InChI=1S/C14H19N3O5S2/c1-10(11-3-5-13(6-4-11)24(21,22)15-2)16-17-14(18)12-7-8-23(19,20)9-12/h3-6,12,15H,7-9H2,1-2H3,(H,17,18)/b16-10-/t12-/m0/s1. The van der Waals surface area contributed by atoms with Gasteiger partial charge in [0.25, 0.3) is 0 Å². The third-order valence-electron chi connectivity index (χ3n) is 3.79. The van der Waals surface area contributed by atoms with Gasteiger partial charge < -0.3 is 0 Å². The summed E-state index contributed by atoms with van der Waals surface area (Å²) in [5.41, 5.74) is 3.50. The molecule has 0 saturated carbocycles. The van der Waals surface area contributed by atoms with Crippen molar-refractivity contribution in [1.29, 1.82) is 0 Å². The molecule has 132 valence electrons. The molecule has 1 heterocycles. The number of hydrogen-bond acceptors (Lipinski definition) is 6. The van der Waals surface area contributed by atoms with Gasteiger partial charge in [0.05, 0.1) is 28.0 Å². The Hall–Kier alpha value is -1.78. The van der Waals surface area contributed by atoms with Gasteiger partial charge >= 0.3 is 0 Å². The number of hydrazone groups is 1. The molecule has 0 bridgehead atoms. The first-order chi connectivity index (χ1) is 11.1. The van der Waals surface area contributed by atoms with E-state index in [4.69, 9.17) is 0 Å². The van der Waals surface area contributed by atoms with Gasteiger partial charge in [0.15, 0.2) is 9.84 Å². The van der Waals surface area contributed by atoms with Crippen molar-refractivity contribution >= 4 is 31.5 Å². The first-order valence-corrected chi connectivity index (χ1v) is 10.5. The summed E-state index contributed by atoms with van der Waals surface area (Å²) in [6, 6.07) is 6.03. The predicted octanol–water partition coefficient (Wildman–Crippen LogP) is -0.130. The highest BCUT2D eigenvalue weighted by molar-refractivity contribution is 7.91. The number of amides is 1. The fourth-order valence-corrected chi connectivity index (χ4v) is 4.76. The monoisotopic (exact) mass is 373 g/mol. The molecule has 1 aliphatic heterocycles. The van der Waals surface area contributed by atoms with Gasteiger partial charge in [0, 0.05) is 0 Å². The minimum absolute atomic E-state index is 0.0230. The fourth-order valence-electron chi connectivity index (χ4n) is 2.29. The van der Waals surface area contributed by atoms with E-state index in [-0.39, 0.29) is 16.4 Å². The molecule has 0 aromatic heterocycles. The van der Waals surface area contributed by atoms with E-state index in [0.29, 0.717) is 17.7 Å². The summed E-state index contributed by atoms with van der Waals surface area (Å²) in [7, 11) is -5.30. The molecule has 0 unspecified atom stereocenters. The third kappa shape index (κ3) is 4.40. The first-order valence-electron chi connectivity index (χ1n) is 7.23. The van der Waals surface area contributed by atoms with Crippen molar-refractivity contribution in [2.75, 3.05) is 18.6 Å². The van der Waals surface area contributed by atoms with Crippen LogP contribution in [0.4, 0.5) is 0 Å². The van der Waals surface area contributed by atoms with Crippen molar-refractivity contribution in [3.63, 3.8) is 0 Å². The Morgan fingerprint density at radius 3 is 2.38 bits per heavy atom. The molecule has 2 rings (SSSR count). The number of nitrogens with zero attached hydrogens (tertiary/aromatic N) is 1. The van der Waals surface area contributed by atoms with Gasteiger partial charge in [-0.3, -0.25) is 4.79 Å². The Balaban J connectivity index is 2.05. The lowest BCUT2D eigenvalue weighted by Gasteiger charge is -2.07. The van der Waals surface area contributed by atoms with Crippen molar-refractivity contribution < 1.29 is 21.6 Å². The van der Waals surface area contributed by atoms with Crippen molar-refractivity contribution in [2.45, 2.75) is 18.2 Å². The number of sulfone groups is 1. The zero-order valence-electron chi connectivity index (χ0n) is 13.3. The van der Waals surface area contributed by atoms with Crippen molar-refractivity contribution in [3.8, 4) is 0 Å².